The van der Waals surface area contributed by atoms with E-state index in [1.54, 1.807) is 6.08 Å². The standard InChI is InChI=1S/C13H24O2/c1-6-8-14-13-11(5)9(3)10(4)12(7-2)15-13/h6,9-13H,1,7-8H2,2-5H3. The Morgan fingerprint density at radius 2 is 1.87 bits per heavy atom. The summed E-state index contributed by atoms with van der Waals surface area (Å²) in [6.45, 7) is 13.2. The van der Waals surface area contributed by atoms with Gasteiger partial charge in [0.05, 0.1) is 12.7 Å². The average Bonchev–Trinajstić information content (AvgIpc) is 2.25. The molecule has 0 aromatic heterocycles. The molecule has 1 rings (SSSR count). The molecule has 15 heavy (non-hydrogen) atoms. The highest BCUT2D eigenvalue weighted by Crippen LogP contribution is 2.36. The first-order chi connectivity index (χ1) is 7.11. The summed E-state index contributed by atoms with van der Waals surface area (Å²) < 4.78 is 11.6. The Morgan fingerprint density at radius 1 is 1.20 bits per heavy atom. The fourth-order valence-electron chi connectivity index (χ4n) is 2.31. The highest BCUT2D eigenvalue weighted by atomic mass is 16.7. The maximum Gasteiger partial charge on any atom is 0.161 e. The van der Waals surface area contributed by atoms with Gasteiger partial charge in [0.15, 0.2) is 6.29 Å². The summed E-state index contributed by atoms with van der Waals surface area (Å²) in [4.78, 5) is 0. The highest BCUT2D eigenvalue weighted by molar-refractivity contribution is 4.82. The minimum absolute atomic E-state index is 0.0563. The minimum Gasteiger partial charge on any atom is -0.349 e. The molecular weight excluding hydrogens is 188 g/mol. The third-order valence-corrected chi connectivity index (χ3v) is 3.76. The van der Waals surface area contributed by atoms with Crippen molar-refractivity contribution in [3.05, 3.63) is 12.7 Å². The van der Waals surface area contributed by atoms with E-state index in [2.05, 4.69) is 34.3 Å². The van der Waals surface area contributed by atoms with Gasteiger partial charge >= 0.3 is 0 Å². The number of rotatable bonds is 4. The fraction of sp³-hybridized carbons (Fsp3) is 0.846. The van der Waals surface area contributed by atoms with Crippen molar-refractivity contribution in [1.29, 1.82) is 0 Å². The molecule has 1 heterocycles. The summed E-state index contributed by atoms with van der Waals surface area (Å²) in [5, 5.41) is 0. The molecule has 0 aromatic carbocycles. The number of ether oxygens (including phenoxy) is 2. The first kappa shape index (κ1) is 12.7. The predicted octanol–water partition coefficient (Wildman–Crippen LogP) is 3.23. The van der Waals surface area contributed by atoms with Crippen molar-refractivity contribution < 1.29 is 9.47 Å². The summed E-state index contributed by atoms with van der Waals surface area (Å²) in [6, 6.07) is 0. The van der Waals surface area contributed by atoms with Gasteiger partial charge in [0, 0.05) is 5.92 Å². The molecule has 1 saturated heterocycles. The Kier molecular flexibility index (Phi) is 4.81. The molecule has 0 aromatic rings. The van der Waals surface area contributed by atoms with Gasteiger partial charge in [-0.25, -0.2) is 0 Å². The second-order valence-electron chi connectivity index (χ2n) is 4.65. The summed E-state index contributed by atoms with van der Waals surface area (Å²) >= 11 is 0. The quantitative estimate of drug-likeness (QED) is 0.666. The molecule has 0 radical (unpaired) electrons. The van der Waals surface area contributed by atoms with Crippen molar-refractivity contribution in [2.24, 2.45) is 17.8 Å². The largest absolute Gasteiger partial charge is 0.349 e. The van der Waals surface area contributed by atoms with E-state index < -0.39 is 0 Å². The molecule has 5 atom stereocenters. The second-order valence-corrected chi connectivity index (χ2v) is 4.65. The van der Waals surface area contributed by atoms with Crippen LogP contribution in [0.4, 0.5) is 0 Å². The molecule has 1 fully saturated rings. The number of hydrogen-bond donors (Lipinski definition) is 0. The van der Waals surface area contributed by atoms with E-state index in [0.29, 0.717) is 30.5 Å². The van der Waals surface area contributed by atoms with Gasteiger partial charge in [-0.1, -0.05) is 33.8 Å². The maximum absolute atomic E-state index is 5.96. The Bertz CT molecular complexity index is 201. The fourth-order valence-corrected chi connectivity index (χ4v) is 2.31. The van der Waals surface area contributed by atoms with Crippen LogP contribution in [0, 0.1) is 17.8 Å². The van der Waals surface area contributed by atoms with Crippen LogP contribution >= 0.6 is 0 Å². The molecule has 0 bridgehead atoms. The van der Waals surface area contributed by atoms with E-state index in [0.717, 1.165) is 6.42 Å². The Morgan fingerprint density at radius 3 is 2.40 bits per heavy atom. The second kappa shape index (κ2) is 5.66. The van der Waals surface area contributed by atoms with Crippen LogP contribution in [-0.4, -0.2) is 19.0 Å². The van der Waals surface area contributed by atoms with Crippen molar-refractivity contribution in [2.45, 2.75) is 46.5 Å². The summed E-state index contributed by atoms with van der Waals surface area (Å²) in [5.74, 6) is 1.73. The topological polar surface area (TPSA) is 18.5 Å². The van der Waals surface area contributed by atoms with Gasteiger partial charge in [-0.05, 0) is 18.3 Å². The van der Waals surface area contributed by atoms with Crippen LogP contribution in [0.15, 0.2) is 12.7 Å². The lowest BCUT2D eigenvalue weighted by Crippen LogP contribution is -2.45. The Labute approximate surface area is 93.7 Å². The van der Waals surface area contributed by atoms with E-state index in [-0.39, 0.29) is 6.29 Å². The SMILES string of the molecule is C=CCOC1OC(CC)C(C)C(C)C1C. The van der Waals surface area contributed by atoms with Crippen molar-refractivity contribution in [1.82, 2.24) is 0 Å². The lowest BCUT2D eigenvalue weighted by molar-refractivity contribution is -0.244. The maximum atomic E-state index is 5.96. The van der Waals surface area contributed by atoms with E-state index in [1.807, 2.05) is 0 Å². The third kappa shape index (κ3) is 2.82. The van der Waals surface area contributed by atoms with E-state index in [1.165, 1.54) is 0 Å². The molecule has 0 amide bonds. The van der Waals surface area contributed by atoms with E-state index >= 15 is 0 Å². The van der Waals surface area contributed by atoms with E-state index in [4.69, 9.17) is 9.47 Å². The number of hydrogen-bond acceptors (Lipinski definition) is 2. The molecule has 88 valence electrons. The third-order valence-electron chi connectivity index (χ3n) is 3.76. The average molecular weight is 212 g/mol. The molecule has 2 heteroatoms. The van der Waals surface area contributed by atoms with Gasteiger partial charge in [0.2, 0.25) is 0 Å². The van der Waals surface area contributed by atoms with Crippen LogP contribution in [0.5, 0.6) is 0 Å². The van der Waals surface area contributed by atoms with Crippen molar-refractivity contribution in [3.8, 4) is 0 Å². The van der Waals surface area contributed by atoms with Crippen molar-refractivity contribution >= 4 is 0 Å². The zero-order valence-electron chi connectivity index (χ0n) is 10.4. The Balaban J connectivity index is 2.60. The van der Waals surface area contributed by atoms with Gasteiger partial charge in [-0.2, -0.15) is 0 Å². The van der Waals surface area contributed by atoms with Gasteiger partial charge in [0.25, 0.3) is 0 Å². The molecule has 0 spiro atoms. The molecule has 0 aliphatic carbocycles. The van der Waals surface area contributed by atoms with Gasteiger partial charge in [-0.15, -0.1) is 6.58 Å². The smallest absolute Gasteiger partial charge is 0.161 e. The first-order valence-electron chi connectivity index (χ1n) is 5.99. The minimum atomic E-state index is -0.0563. The predicted molar refractivity (Wildman–Crippen MR) is 62.6 cm³/mol. The highest BCUT2D eigenvalue weighted by Gasteiger charge is 2.38. The van der Waals surface area contributed by atoms with Gasteiger partial charge < -0.3 is 9.47 Å². The zero-order valence-corrected chi connectivity index (χ0v) is 10.4. The summed E-state index contributed by atoms with van der Waals surface area (Å²) in [7, 11) is 0. The summed E-state index contributed by atoms with van der Waals surface area (Å²) in [5.41, 5.74) is 0. The van der Waals surface area contributed by atoms with E-state index in [9.17, 15) is 0 Å². The van der Waals surface area contributed by atoms with Crippen LogP contribution in [0.2, 0.25) is 0 Å². The van der Waals surface area contributed by atoms with Crippen LogP contribution in [0.3, 0.4) is 0 Å². The monoisotopic (exact) mass is 212 g/mol. The van der Waals surface area contributed by atoms with Gasteiger partial charge in [-0.3, -0.25) is 0 Å². The molecule has 0 saturated carbocycles. The van der Waals surface area contributed by atoms with Crippen LogP contribution in [0.1, 0.15) is 34.1 Å². The lowest BCUT2D eigenvalue weighted by Gasteiger charge is -2.43. The first-order valence-corrected chi connectivity index (χ1v) is 5.99. The van der Waals surface area contributed by atoms with Crippen LogP contribution < -0.4 is 0 Å². The van der Waals surface area contributed by atoms with Crippen molar-refractivity contribution in [2.75, 3.05) is 6.61 Å². The Hall–Kier alpha value is -0.340. The molecular formula is C13H24O2. The zero-order chi connectivity index (χ0) is 11.4. The molecule has 5 unspecified atom stereocenters. The molecule has 1 aliphatic heterocycles. The molecule has 0 N–H and O–H groups in total. The molecule has 1 aliphatic rings. The van der Waals surface area contributed by atoms with Crippen LogP contribution in [0.25, 0.3) is 0 Å². The normalized spacial score (nSPS) is 41.5. The lowest BCUT2D eigenvalue weighted by atomic mass is 9.78. The van der Waals surface area contributed by atoms with Gasteiger partial charge in [0.1, 0.15) is 0 Å². The van der Waals surface area contributed by atoms with Crippen LogP contribution in [-0.2, 0) is 9.47 Å². The van der Waals surface area contributed by atoms with Crippen molar-refractivity contribution in [3.63, 3.8) is 0 Å². The summed E-state index contributed by atoms with van der Waals surface area (Å²) in [6.07, 6.45) is 3.12. The molecule has 2 nitrogen and oxygen atoms in total.